The van der Waals surface area contributed by atoms with Crippen molar-refractivity contribution < 1.29 is 19.1 Å². The van der Waals surface area contributed by atoms with Crippen molar-refractivity contribution in [1.82, 2.24) is 0 Å². The Balaban J connectivity index is 1.27. The molecule has 10 bridgehead atoms. The van der Waals surface area contributed by atoms with Gasteiger partial charge < -0.3 is 9.47 Å². The zero-order chi connectivity index (χ0) is 33.9. The highest BCUT2D eigenvalue weighted by Gasteiger charge is 2.23. The highest BCUT2D eigenvalue weighted by Crippen LogP contribution is 2.36. The Labute approximate surface area is 300 Å². The van der Waals surface area contributed by atoms with Crippen LogP contribution in [0.3, 0.4) is 0 Å². The minimum Gasteiger partial charge on any atom is -0.458 e. The second kappa shape index (κ2) is 14.4. The van der Waals surface area contributed by atoms with Crippen LogP contribution in [0.15, 0.2) is 133 Å². The maximum absolute atomic E-state index is 14.0. The van der Waals surface area contributed by atoms with Gasteiger partial charge in [0.15, 0.2) is 0 Å². The lowest BCUT2D eigenvalue weighted by atomic mass is 9.91. The van der Waals surface area contributed by atoms with Gasteiger partial charge in [0.25, 0.3) is 0 Å². The van der Waals surface area contributed by atoms with Crippen molar-refractivity contribution >= 4 is 35.5 Å². The molecule has 6 aliphatic rings. The van der Waals surface area contributed by atoms with Crippen LogP contribution in [0.25, 0.3) is 44.5 Å². The average molecular weight is 691 g/mol. The molecule has 0 atom stereocenters. The van der Waals surface area contributed by atoms with E-state index in [0.29, 0.717) is 11.1 Å². The Morgan fingerprint density at radius 1 is 0.360 bits per heavy atom. The van der Waals surface area contributed by atoms with Crippen LogP contribution in [0.2, 0.25) is 0 Å². The SMILES string of the molecule is O=C1OCCOC(=O)c2c3cccc2-c2ccc(cc2)CSCc2ccc(cc2)-c2cccc(c21)-c1ccc(cc1)CSCc1ccc-3cc1. The standard InChI is InChI=1S/C44H34O4S2/c45-43-41-37-3-1-4-38(41)34-17-9-30(10-18-34)26-50-28-32-13-21-36(22-14-32)40-6-2-5-39(42(40)44(46)48-24-23-47-43)35-19-11-31(12-20-35)27-49-25-29-7-15-33(37)16-8-29/h1-22H,23-28H2. The van der Waals surface area contributed by atoms with E-state index in [-0.39, 0.29) is 13.2 Å². The van der Waals surface area contributed by atoms with E-state index >= 15 is 0 Å². The van der Waals surface area contributed by atoms with Gasteiger partial charge >= 0.3 is 11.9 Å². The molecule has 4 nitrogen and oxygen atoms in total. The van der Waals surface area contributed by atoms with Gasteiger partial charge in [-0.15, -0.1) is 0 Å². The van der Waals surface area contributed by atoms with Crippen molar-refractivity contribution in [3.05, 3.63) is 167 Å². The number of benzene rings is 6. The minimum atomic E-state index is -0.455. The summed E-state index contributed by atoms with van der Waals surface area (Å²) in [4.78, 5) is 28.0. The second-order valence-electron chi connectivity index (χ2n) is 12.5. The largest absolute Gasteiger partial charge is 0.458 e. The van der Waals surface area contributed by atoms with Crippen LogP contribution < -0.4 is 0 Å². The molecule has 0 amide bonds. The Kier molecular flexibility index (Phi) is 9.29. The van der Waals surface area contributed by atoms with Crippen molar-refractivity contribution in [2.24, 2.45) is 0 Å². The number of thioether (sulfide) groups is 2. The summed E-state index contributed by atoms with van der Waals surface area (Å²) in [6.45, 7) is -0.156. The molecule has 0 unspecified atom stereocenters. The van der Waals surface area contributed by atoms with Crippen LogP contribution in [0, 0.1) is 0 Å². The van der Waals surface area contributed by atoms with E-state index in [1.807, 2.05) is 59.9 Å². The van der Waals surface area contributed by atoms with Crippen LogP contribution in [-0.2, 0) is 32.5 Å². The first-order valence-electron chi connectivity index (χ1n) is 16.7. The third kappa shape index (κ3) is 6.74. The predicted molar refractivity (Wildman–Crippen MR) is 205 cm³/mol. The van der Waals surface area contributed by atoms with Crippen LogP contribution in [0.1, 0.15) is 43.0 Å². The molecule has 6 aliphatic heterocycles. The summed E-state index contributed by atoms with van der Waals surface area (Å²) in [5.41, 5.74) is 12.8. The fourth-order valence-electron chi connectivity index (χ4n) is 6.62. The van der Waals surface area contributed by atoms with Gasteiger partial charge in [-0.3, -0.25) is 0 Å². The van der Waals surface area contributed by atoms with Crippen molar-refractivity contribution in [2.45, 2.75) is 23.0 Å². The molecule has 246 valence electrons. The van der Waals surface area contributed by atoms with Gasteiger partial charge in [-0.2, -0.15) is 23.5 Å². The number of esters is 2. The highest BCUT2D eigenvalue weighted by molar-refractivity contribution is 7.97. The Hall–Kier alpha value is -5.04. The molecular weight excluding hydrogens is 657 g/mol. The zero-order valence-electron chi connectivity index (χ0n) is 27.4. The molecular formula is C44H34O4S2. The lowest BCUT2D eigenvalue weighted by Gasteiger charge is -2.17. The molecule has 6 heteroatoms. The average Bonchev–Trinajstić information content (AvgIpc) is 3.16. The molecule has 0 saturated carbocycles. The lowest BCUT2D eigenvalue weighted by molar-refractivity contribution is 0.0267. The van der Waals surface area contributed by atoms with E-state index in [4.69, 9.17) is 9.47 Å². The first-order chi connectivity index (χ1) is 24.6. The molecule has 12 rings (SSSR count). The molecule has 0 fully saturated rings. The first-order valence-corrected chi connectivity index (χ1v) is 19.0. The Bertz CT molecular complexity index is 1880. The van der Waals surface area contributed by atoms with Crippen LogP contribution >= 0.6 is 23.5 Å². The minimum absolute atomic E-state index is 0.0778. The fraction of sp³-hybridized carbons (Fsp3) is 0.136. The summed E-state index contributed by atoms with van der Waals surface area (Å²) in [6, 6.07) is 45.6. The van der Waals surface area contributed by atoms with E-state index < -0.39 is 11.9 Å². The Morgan fingerprint density at radius 2 is 0.620 bits per heavy atom. The van der Waals surface area contributed by atoms with Crippen molar-refractivity contribution in [2.75, 3.05) is 13.2 Å². The number of hydrogen-bond acceptors (Lipinski definition) is 6. The molecule has 0 radical (unpaired) electrons. The highest BCUT2D eigenvalue weighted by atomic mass is 32.2. The summed E-state index contributed by atoms with van der Waals surface area (Å²) in [7, 11) is 0. The number of carbonyl (C=O) groups excluding carboxylic acids is 2. The summed E-state index contributed by atoms with van der Waals surface area (Å²) < 4.78 is 11.8. The first kappa shape index (κ1) is 32.2. The van der Waals surface area contributed by atoms with Crippen molar-refractivity contribution in [3.8, 4) is 44.5 Å². The molecule has 6 heterocycles. The van der Waals surface area contributed by atoms with Gasteiger partial charge in [0.2, 0.25) is 0 Å². The molecule has 0 spiro atoms. The van der Waals surface area contributed by atoms with Crippen LogP contribution in [0.5, 0.6) is 0 Å². The van der Waals surface area contributed by atoms with E-state index in [9.17, 15) is 9.59 Å². The molecule has 0 aliphatic carbocycles. The third-order valence-corrected chi connectivity index (χ3v) is 11.4. The van der Waals surface area contributed by atoms with Crippen molar-refractivity contribution in [3.63, 3.8) is 0 Å². The van der Waals surface area contributed by atoms with Gasteiger partial charge in [-0.25, -0.2) is 9.59 Å². The number of fused-ring (bicyclic) bond motifs is 4. The fourth-order valence-corrected chi connectivity index (χ4v) is 8.53. The van der Waals surface area contributed by atoms with Crippen LogP contribution in [-0.4, -0.2) is 25.2 Å². The number of ether oxygens (including phenoxy) is 2. The molecule has 0 saturated heterocycles. The summed E-state index contributed by atoms with van der Waals surface area (Å²) in [5, 5.41) is 0. The van der Waals surface area contributed by atoms with E-state index in [1.165, 1.54) is 22.3 Å². The van der Waals surface area contributed by atoms with Gasteiger partial charge in [-0.05, 0) is 66.8 Å². The predicted octanol–water partition coefficient (Wildman–Crippen LogP) is 10.9. The molecule has 6 aromatic rings. The number of hydrogen-bond donors (Lipinski definition) is 0. The summed E-state index contributed by atoms with van der Waals surface area (Å²) in [5.74, 6) is 2.53. The van der Waals surface area contributed by atoms with Crippen molar-refractivity contribution in [1.29, 1.82) is 0 Å². The number of carbonyl (C=O) groups is 2. The molecule has 0 N–H and O–H groups in total. The quantitative estimate of drug-likeness (QED) is 0.148. The lowest BCUT2D eigenvalue weighted by Crippen LogP contribution is -2.16. The van der Waals surface area contributed by atoms with Gasteiger partial charge in [0.1, 0.15) is 13.2 Å². The zero-order valence-corrected chi connectivity index (χ0v) is 29.0. The number of rotatable bonds is 0. The maximum atomic E-state index is 14.0. The second-order valence-corrected chi connectivity index (χ2v) is 14.5. The van der Waals surface area contributed by atoms with E-state index in [0.717, 1.165) is 67.5 Å². The normalized spacial score (nSPS) is 14.6. The van der Waals surface area contributed by atoms with Gasteiger partial charge in [0.05, 0.1) is 11.1 Å². The topological polar surface area (TPSA) is 52.6 Å². The van der Waals surface area contributed by atoms with Gasteiger partial charge in [-0.1, -0.05) is 133 Å². The van der Waals surface area contributed by atoms with E-state index in [1.54, 1.807) is 0 Å². The van der Waals surface area contributed by atoms with Crippen LogP contribution in [0.4, 0.5) is 0 Å². The summed E-state index contributed by atoms with van der Waals surface area (Å²) >= 11 is 3.71. The summed E-state index contributed by atoms with van der Waals surface area (Å²) in [6.07, 6.45) is 0. The van der Waals surface area contributed by atoms with E-state index in [2.05, 4.69) is 97.1 Å². The maximum Gasteiger partial charge on any atom is 0.339 e. The molecule has 6 aromatic carbocycles. The Morgan fingerprint density at radius 3 is 0.880 bits per heavy atom. The van der Waals surface area contributed by atoms with Gasteiger partial charge in [0, 0.05) is 23.0 Å². The third-order valence-electron chi connectivity index (χ3n) is 9.22. The molecule has 0 aromatic heterocycles. The monoisotopic (exact) mass is 690 g/mol. The molecule has 50 heavy (non-hydrogen) atoms. The smallest absolute Gasteiger partial charge is 0.339 e.